The van der Waals surface area contributed by atoms with Gasteiger partial charge in [-0.15, -0.1) is 0 Å². The number of primary amides is 1. The van der Waals surface area contributed by atoms with Crippen LogP contribution in [0.25, 0.3) is 0 Å². The molecule has 0 atom stereocenters. The van der Waals surface area contributed by atoms with Gasteiger partial charge in [0.05, 0.1) is 18.8 Å². The number of carbonyl (C=O) groups is 1. The van der Waals surface area contributed by atoms with Crippen molar-refractivity contribution in [2.45, 2.75) is 18.9 Å². The summed E-state index contributed by atoms with van der Waals surface area (Å²) < 4.78 is 11.2. The molecule has 1 saturated carbocycles. The SMILES string of the molecule is NC(=O)c1cnc(Nc2ccc(OCCN3CCOCC3)cc2)nc1NC1CC1. The van der Waals surface area contributed by atoms with Gasteiger partial charge in [0.15, 0.2) is 0 Å². The Labute approximate surface area is 169 Å². The summed E-state index contributed by atoms with van der Waals surface area (Å²) in [6.45, 7) is 5.03. The highest BCUT2D eigenvalue weighted by molar-refractivity contribution is 5.97. The van der Waals surface area contributed by atoms with Gasteiger partial charge in [-0.3, -0.25) is 9.69 Å². The molecule has 0 spiro atoms. The number of nitrogens with one attached hydrogen (secondary N) is 2. The molecule has 154 valence electrons. The van der Waals surface area contributed by atoms with E-state index >= 15 is 0 Å². The largest absolute Gasteiger partial charge is 0.492 e. The Morgan fingerprint density at radius 1 is 1.24 bits per heavy atom. The molecule has 2 heterocycles. The van der Waals surface area contributed by atoms with Crippen LogP contribution in [0.3, 0.4) is 0 Å². The van der Waals surface area contributed by atoms with Crippen molar-refractivity contribution < 1.29 is 14.3 Å². The van der Waals surface area contributed by atoms with E-state index in [1.54, 1.807) is 0 Å². The first-order chi connectivity index (χ1) is 14.2. The average Bonchev–Trinajstić information content (AvgIpc) is 3.54. The molecule has 1 aromatic heterocycles. The van der Waals surface area contributed by atoms with Gasteiger partial charge in [0.25, 0.3) is 5.91 Å². The fourth-order valence-corrected chi connectivity index (χ4v) is 3.03. The van der Waals surface area contributed by atoms with Gasteiger partial charge in [0.2, 0.25) is 5.95 Å². The molecule has 4 N–H and O–H groups in total. The molecule has 0 unspecified atom stereocenters. The fourth-order valence-electron chi connectivity index (χ4n) is 3.03. The Morgan fingerprint density at radius 2 is 2.00 bits per heavy atom. The van der Waals surface area contributed by atoms with E-state index in [1.165, 1.54) is 6.20 Å². The number of amides is 1. The Bertz CT molecular complexity index is 835. The van der Waals surface area contributed by atoms with Gasteiger partial charge in [-0.05, 0) is 37.1 Å². The summed E-state index contributed by atoms with van der Waals surface area (Å²) in [5.41, 5.74) is 6.54. The van der Waals surface area contributed by atoms with Crippen LogP contribution in [0.15, 0.2) is 30.5 Å². The van der Waals surface area contributed by atoms with Gasteiger partial charge in [-0.2, -0.15) is 4.98 Å². The number of nitrogens with two attached hydrogens (primary N) is 1. The molecule has 1 aromatic carbocycles. The van der Waals surface area contributed by atoms with Crippen molar-refractivity contribution in [3.05, 3.63) is 36.0 Å². The van der Waals surface area contributed by atoms with Gasteiger partial charge in [0.1, 0.15) is 18.2 Å². The minimum Gasteiger partial charge on any atom is -0.492 e. The number of nitrogens with zero attached hydrogens (tertiary/aromatic N) is 3. The van der Waals surface area contributed by atoms with Crippen molar-refractivity contribution in [3.8, 4) is 5.75 Å². The van der Waals surface area contributed by atoms with Crippen LogP contribution in [-0.2, 0) is 4.74 Å². The molecule has 0 radical (unpaired) electrons. The third kappa shape index (κ3) is 5.55. The highest BCUT2D eigenvalue weighted by atomic mass is 16.5. The zero-order valence-corrected chi connectivity index (χ0v) is 16.3. The van der Waals surface area contributed by atoms with Crippen LogP contribution < -0.4 is 21.1 Å². The van der Waals surface area contributed by atoms with Crippen LogP contribution in [0.1, 0.15) is 23.2 Å². The Morgan fingerprint density at radius 3 is 2.69 bits per heavy atom. The van der Waals surface area contributed by atoms with E-state index in [2.05, 4.69) is 25.5 Å². The zero-order chi connectivity index (χ0) is 20.1. The predicted molar refractivity (Wildman–Crippen MR) is 110 cm³/mol. The number of ether oxygens (including phenoxy) is 2. The van der Waals surface area contributed by atoms with Crippen LogP contribution in [0.4, 0.5) is 17.5 Å². The Balaban J connectivity index is 1.32. The van der Waals surface area contributed by atoms with E-state index < -0.39 is 5.91 Å². The molecule has 1 amide bonds. The lowest BCUT2D eigenvalue weighted by Crippen LogP contribution is -2.38. The molecule has 1 aliphatic heterocycles. The monoisotopic (exact) mass is 398 g/mol. The van der Waals surface area contributed by atoms with Crippen molar-refractivity contribution >= 4 is 23.4 Å². The van der Waals surface area contributed by atoms with Crippen LogP contribution in [-0.4, -0.2) is 66.3 Å². The third-order valence-electron chi connectivity index (χ3n) is 4.86. The standard InChI is InChI=1S/C20H26N6O3/c21-18(27)17-13-22-20(25-19(17)23-14-1-2-14)24-15-3-5-16(6-4-15)29-12-9-26-7-10-28-11-8-26/h3-6,13-14H,1-2,7-12H2,(H2,21,27)(H2,22,23,24,25). The number of hydrogen-bond acceptors (Lipinski definition) is 8. The number of morpholine rings is 1. The quantitative estimate of drug-likeness (QED) is 0.584. The maximum atomic E-state index is 11.6. The Hall–Kier alpha value is -2.91. The molecular formula is C20H26N6O3. The maximum Gasteiger partial charge on any atom is 0.254 e. The summed E-state index contributed by atoms with van der Waals surface area (Å²) in [7, 11) is 0. The number of carbonyl (C=O) groups excluding carboxylic acids is 1. The first-order valence-corrected chi connectivity index (χ1v) is 9.91. The fraction of sp³-hybridized carbons (Fsp3) is 0.450. The second kappa shape index (κ2) is 9.06. The predicted octanol–water partition coefficient (Wildman–Crippen LogP) is 1.60. The molecule has 29 heavy (non-hydrogen) atoms. The number of benzene rings is 1. The van der Waals surface area contributed by atoms with E-state index in [9.17, 15) is 4.79 Å². The van der Waals surface area contributed by atoms with Crippen molar-refractivity contribution in [1.29, 1.82) is 0 Å². The summed E-state index contributed by atoms with van der Waals surface area (Å²) >= 11 is 0. The molecule has 4 rings (SSSR count). The highest BCUT2D eigenvalue weighted by Crippen LogP contribution is 2.26. The first-order valence-electron chi connectivity index (χ1n) is 9.91. The van der Waals surface area contributed by atoms with Gasteiger partial charge in [-0.25, -0.2) is 4.98 Å². The first kappa shape index (κ1) is 19.4. The topological polar surface area (TPSA) is 115 Å². The van der Waals surface area contributed by atoms with E-state index in [4.69, 9.17) is 15.2 Å². The van der Waals surface area contributed by atoms with E-state index in [0.29, 0.717) is 30.0 Å². The van der Waals surface area contributed by atoms with Crippen LogP contribution in [0.5, 0.6) is 5.75 Å². The summed E-state index contributed by atoms with van der Waals surface area (Å²) in [5.74, 6) is 1.14. The number of hydrogen-bond donors (Lipinski definition) is 3. The smallest absolute Gasteiger partial charge is 0.254 e. The van der Waals surface area contributed by atoms with Gasteiger partial charge >= 0.3 is 0 Å². The van der Waals surface area contributed by atoms with E-state index in [1.807, 2.05) is 24.3 Å². The molecule has 2 fully saturated rings. The average molecular weight is 398 g/mol. The highest BCUT2D eigenvalue weighted by Gasteiger charge is 2.24. The van der Waals surface area contributed by atoms with Crippen LogP contribution in [0.2, 0.25) is 0 Å². The zero-order valence-electron chi connectivity index (χ0n) is 16.3. The molecule has 9 nitrogen and oxygen atoms in total. The molecule has 2 aliphatic rings. The minimum absolute atomic E-state index is 0.298. The van der Waals surface area contributed by atoms with Crippen LogP contribution in [0, 0.1) is 0 Å². The van der Waals surface area contributed by atoms with E-state index in [-0.39, 0.29) is 0 Å². The van der Waals surface area contributed by atoms with Gasteiger partial charge < -0.3 is 25.8 Å². The number of aromatic nitrogens is 2. The number of rotatable bonds is 9. The minimum atomic E-state index is -0.543. The van der Waals surface area contributed by atoms with Gasteiger partial charge in [0, 0.05) is 37.6 Å². The summed E-state index contributed by atoms with van der Waals surface area (Å²) in [6.07, 6.45) is 3.58. The van der Waals surface area contributed by atoms with Crippen molar-refractivity contribution in [2.75, 3.05) is 50.1 Å². The molecule has 2 aromatic rings. The molecule has 1 saturated heterocycles. The molecular weight excluding hydrogens is 372 g/mol. The van der Waals surface area contributed by atoms with Crippen molar-refractivity contribution in [2.24, 2.45) is 5.73 Å². The Kier molecular flexibility index (Phi) is 6.06. The lowest BCUT2D eigenvalue weighted by atomic mass is 10.3. The second-order valence-corrected chi connectivity index (χ2v) is 7.19. The summed E-state index contributed by atoms with van der Waals surface area (Å²) in [6, 6.07) is 7.98. The summed E-state index contributed by atoms with van der Waals surface area (Å²) in [4.78, 5) is 22.5. The van der Waals surface area contributed by atoms with Crippen LogP contribution >= 0.6 is 0 Å². The summed E-state index contributed by atoms with van der Waals surface area (Å²) in [5, 5.41) is 6.37. The van der Waals surface area contributed by atoms with Crippen molar-refractivity contribution in [1.82, 2.24) is 14.9 Å². The number of anilines is 3. The molecule has 0 bridgehead atoms. The van der Waals surface area contributed by atoms with Gasteiger partial charge in [-0.1, -0.05) is 0 Å². The lowest BCUT2D eigenvalue weighted by Gasteiger charge is -2.26. The molecule has 9 heteroatoms. The third-order valence-corrected chi connectivity index (χ3v) is 4.86. The van der Waals surface area contributed by atoms with E-state index in [0.717, 1.165) is 57.1 Å². The lowest BCUT2D eigenvalue weighted by molar-refractivity contribution is 0.0322. The second-order valence-electron chi connectivity index (χ2n) is 7.19. The normalized spacial score (nSPS) is 17.0. The van der Waals surface area contributed by atoms with Crippen molar-refractivity contribution in [3.63, 3.8) is 0 Å². The molecule has 1 aliphatic carbocycles. The maximum absolute atomic E-state index is 11.6.